The fourth-order valence-corrected chi connectivity index (χ4v) is 2.55. The lowest BCUT2D eigenvalue weighted by Gasteiger charge is -2.20. The van der Waals surface area contributed by atoms with Gasteiger partial charge < -0.3 is 15.3 Å². The number of amides is 2. The van der Waals surface area contributed by atoms with E-state index in [9.17, 15) is 4.79 Å². The lowest BCUT2D eigenvalue weighted by atomic mass is 10.2. The summed E-state index contributed by atoms with van der Waals surface area (Å²) in [6.45, 7) is 7.12. The normalized spacial score (nSPS) is 10.6. The highest BCUT2D eigenvalue weighted by molar-refractivity contribution is 5.74. The topological polar surface area (TPSA) is 70.4 Å². The maximum absolute atomic E-state index is 12.1. The fourth-order valence-electron chi connectivity index (χ4n) is 2.55. The molecule has 0 atom stereocenters. The number of aliphatic hydroxyl groups excluding tert-OH is 1. The van der Waals surface area contributed by atoms with Gasteiger partial charge in [0.25, 0.3) is 0 Å². The molecule has 1 heterocycles. The Labute approximate surface area is 136 Å². The predicted octanol–water partition coefficient (Wildman–Crippen LogP) is 2.01. The summed E-state index contributed by atoms with van der Waals surface area (Å²) in [4.78, 5) is 13.7. The van der Waals surface area contributed by atoms with Gasteiger partial charge in [-0.2, -0.15) is 5.10 Å². The Morgan fingerprint density at radius 1 is 1.30 bits per heavy atom. The van der Waals surface area contributed by atoms with Crippen molar-refractivity contribution >= 4 is 6.03 Å². The second kappa shape index (κ2) is 7.78. The molecule has 124 valence electrons. The van der Waals surface area contributed by atoms with Crippen molar-refractivity contribution in [2.45, 2.75) is 27.3 Å². The van der Waals surface area contributed by atoms with Crippen molar-refractivity contribution in [1.82, 2.24) is 20.0 Å². The summed E-state index contributed by atoms with van der Waals surface area (Å²) in [5.41, 5.74) is 3.93. The van der Waals surface area contributed by atoms with E-state index in [-0.39, 0.29) is 12.6 Å². The van der Waals surface area contributed by atoms with Crippen LogP contribution in [-0.2, 0) is 6.54 Å². The molecular formula is C17H24N4O2. The third kappa shape index (κ3) is 3.90. The molecule has 0 saturated carbocycles. The van der Waals surface area contributed by atoms with Gasteiger partial charge in [-0.05, 0) is 32.9 Å². The highest BCUT2D eigenvalue weighted by Crippen LogP contribution is 2.17. The number of urea groups is 1. The Morgan fingerprint density at radius 2 is 2.00 bits per heavy atom. The quantitative estimate of drug-likeness (QED) is 0.856. The number of carbonyl (C=O) groups is 1. The van der Waals surface area contributed by atoms with Crippen LogP contribution in [0.5, 0.6) is 0 Å². The molecule has 0 radical (unpaired) electrons. The molecule has 0 aliphatic rings. The molecule has 23 heavy (non-hydrogen) atoms. The van der Waals surface area contributed by atoms with Gasteiger partial charge in [-0.25, -0.2) is 9.48 Å². The lowest BCUT2D eigenvalue weighted by molar-refractivity contribution is 0.180. The molecule has 2 aromatic rings. The Bertz CT molecular complexity index is 652. The molecule has 6 nitrogen and oxygen atoms in total. The monoisotopic (exact) mass is 316 g/mol. The number of aryl methyl sites for hydroxylation is 1. The number of nitrogens with one attached hydrogen (secondary N) is 1. The van der Waals surface area contributed by atoms with Gasteiger partial charge in [0.2, 0.25) is 0 Å². The van der Waals surface area contributed by atoms with Gasteiger partial charge in [0, 0.05) is 30.9 Å². The third-order valence-corrected chi connectivity index (χ3v) is 3.90. The number of aromatic nitrogens is 2. The van der Waals surface area contributed by atoms with Crippen LogP contribution in [0.1, 0.15) is 23.9 Å². The van der Waals surface area contributed by atoms with Crippen LogP contribution in [0.25, 0.3) is 5.69 Å². The zero-order chi connectivity index (χ0) is 16.8. The first-order valence-corrected chi connectivity index (χ1v) is 7.82. The van der Waals surface area contributed by atoms with Gasteiger partial charge in [0.05, 0.1) is 18.0 Å². The third-order valence-electron chi connectivity index (χ3n) is 3.90. The van der Waals surface area contributed by atoms with Gasteiger partial charge in [0.15, 0.2) is 0 Å². The molecule has 0 unspecified atom stereocenters. The molecule has 0 fully saturated rings. The smallest absolute Gasteiger partial charge is 0.317 e. The number of likely N-dealkylation sites (N-methyl/N-ethyl adjacent to an activating group) is 1. The summed E-state index contributed by atoms with van der Waals surface area (Å²) in [6, 6.07) is 9.75. The second-order valence-corrected chi connectivity index (χ2v) is 5.36. The molecule has 6 heteroatoms. The number of nitrogens with zero attached hydrogens (tertiary/aromatic N) is 3. The first-order chi connectivity index (χ1) is 11.1. The number of aliphatic hydroxyl groups is 1. The van der Waals surface area contributed by atoms with Crippen molar-refractivity contribution < 1.29 is 9.90 Å². The minimum absolute atomic E-state index is 0.0365. The summed E-state index contributed by atoms with van der Waals surface area (Å²) < 4.78 is 1.89. The van der Waals surface area contributed by atoms with E-state index in [4.69, 9.17) is 5.11 Å². The summed E-state index contributed by atoms with van der Waals surface area (Å²) in [5.74, 6) is 0. The van der Waals surface area contributed by atoms with Crippen LogP contribution >= 0.6 is 0 Å². The van der Waals surface area contributed by atoms with Crippen molar-refractivity contribution in [2.75, 3.05) is 19.7 Å². The number of benzene rings is 1. The number of hydrogen-bond acceptors (Lipinski definition) is 3. The molecular weight excluding hydrogens is 292 g/mol. The number of hydrogen-bond donors (Lipinski definition) is 2. The molecule has 2 N–H and O–H groups in total. The molecule has 0 spiro atoms. The Hall–Kier alpha value is -2.34. The molecule has 1 aromatic carbocycles. The Balaban J connectivity index is 2.12. The maximum atomic E-state index is 12.1. The fraction of sp³-hybridized carbons (Fsp3) is 0.412. The molecule has 0 bridgehead atoms. The van der Waals surface area contributed by atoms with Crippen LogP contribution in [-0.4, -0.2) is 45.5 Å². The van der Waals surface area contributed by atoms with Gasteiger partial charge in [0.1, 0.15) is 0 Å². The molecule has 0 saturated heterocycles. The first-order valence-electron chi connectivity index (χ1n) is 7.82. The molecule has 0 aliphatic carbocycles. The molecule has 1 aromatic heterocycles. The minimum Gasteiger partial charge on any atom is -0.395 e. The summed E-state index contributed by atoms with van der Waals surface area (Å²) in [6.07, 6.45) is 0. The highest BCUT2D eigenvalue weighted by atomic mass is 16.3. The van der Waals surface area contributed by atoms with Crippen LogP contribution in [0.3, 0.4) is 0 Å². The standard InChI is InChI=1S/C17H24N4O2/c1-4-20(10-11-22)17(23)18-12-16-13(2)19-21(14(16)3)15-8-6-5-7-9-15/h5-9,22H,4,10-12H2,1-3H3,(H,18,23). The van der Waals surface area contributed by atoms with Gasteiger partial charge in [-0.3, -0.25) is 0 Å². The number of rotatable bonds is 6. The maximum Gasteiger partial charge on any atom is 0.317 e. The number of para-hydroxylation sites is 1. The van der Waals surface area contributed by atoms with Crippen molar-refractivity contribution in [3.8, 4) is 5.69 Å². The van der Waals surface area contributed by atoms with Crippen LogP contribution in [0.15, 0.2) is 30.3 Å². The van der Waals surface area contributed by atoms with E-state index in [2.05, 4.69) is 10.4 Å². The molecule has 2 rings (SSSR count). The van der Waals surface area contributed by atoms with Crippen molar-refractivity contribution in [3.63, 3.8) is 0 Å². The zero-order valence-electron chi connectivity index (χ0n) is 13.9. The predicted molar refractivity (Wildman–Crippen MR) is 89.6 cm³/mol. The van der Waals surface area contributed by atoms with Crippen LogP contribution in [0.2, 0.25) is 0 Å². The van der Waals surface area contributed by atoms with E-state index in [0.29, 0.717) is 19.6 Å². The average Bonchev–Trinajstić information content (AvgIpc) is 2.85. The number of carbonyl (C=O) groups excluding carboxylic acids is 1. The second-order valence-electron chi connectivity index (χ2n) is 5.36. The largest absolute Gasteiger partial charge is 0.395 e. The Kier molecular flexibility index (Phi) is 5.76. The highest BCUT2D eigenvalue weighted by Gasteiger charge is 2.15. The van der Waals surface area contributed by atoms with Crippen molar-refractivity contribution in [1.29, 1.82) is 0 Å². The molecule has 0 aliphatic heterocycles. The SMILES string of the molecule is CCN(CCO)C(=O)NCc1c(C)nn(-c2ccccc2)c1C. The van der Waals surface area contributed by atoms with E-state index in [0.717, 1.165) is 22.6 Å². The lowest BCUT2D eigenvalue weighted by Crippen LogP contribution is -2.41. The van der Waals surface area contributed by atoms with E-state index in [1.807, 2.05) is 55.8 Å². The zero-order valence-corrected chi connectivity index (χ0v) is 13.9. The molecule has 2 amide bonds. The van der Waals surface area contributed by atoms with Gasteiger partial charge in [-0.1, -0.05) is 18.2 Å². The summed E-state index contributed by atoms with van der Waals surface area (Å²) in [5, 5.41) is 16.5. The van der Waals surface area contributed by atoms with Crippen LogP contribution in [0.4, 0.5) is 4.79 Å². The Morgan fingerprint density at radius 3 is 2.61 bits per heavy atom. The summed E-state index contributed by atoms with van der Waals surface area (Å²) in [7, 11) is 0. The van der Waals surface area contributed by atoms with Crippen molar-refractivity contribution in [2.24, 2.45) is 0 Å². The van der Waals surface area contributed by atoms with Crippen molar-refractivity contribution in [3.05, 3.63) is 47.3 Å². The van der Waals surface area contributed by atoms with Crippen LogP contribution in [0, 0.1) is 13.8 Å². The van der Waals surface area contributed by atoms with E-state index < -0.39 is 0 Å². The summed E-state index contributed by atoms with van der Waals surface area (Å²) >= 11 is 0. The van der Waals surface area contributed by atoms with E-state index in [1.165, 1.54) is 0 Å². The first kappa shape index (κ1) is 17.0. The van der Waals surface area contributed by atoms with Gasteiger partial charge in [-0.15, -0.1) is 0 Å². The van der Waals surface area contributed by atoms with E-state index >= 15 is 0 Å². The van der Waals surface area contributed by atoms with Crippen LogP contribution < -0.4 is 5.32 Å². The van der Waals surface area contributed by atoms with E-state index in [1.54, 1.807) is 4.90 Å². The average molecular weight is 316 g/mol. The minimum atomic E-state index is -0.173. The van der Waals surface area contributed by atoms with Gasteiger partial charge >= 0.3 is 6.03 Å².